The van der Waals surface area contributed by atoms with Crippen LogP contribution in [0.2, 0.25) is 0 Å². The van der Waals surface area contributed by atoms with Gasteiger partial charge in [0.05, 0.1) is 0 Å². The van der Waals surface area contributed by atoms with Crippen LogP contribution in [0.15, 0.2) is 0 Å². The standard InChI is InChI=1S/C16H34/c1-7-8-9-10-16(14(4)5)12-11-15(6)13(2)3/h13-16H,7-12H2,1-6H3. The van der Waals surface area contributed by atoms with Crippen LogP contribution in [0, 0.1) is 23.7 Å². The first-order chi connectivity index (χ1) is 7.49. The third kappa shape index (κ3) is 7.30. The van der Waals surface area contributed by atoms with Crippen molar-refractivity contribution in [3.63, 3.8) is 0 Å². The van der Waals surface area contributed by atoms with Gasteiger partial charge in [0.1, 0.15) is 0 Å². The molecule has 2 atom stereocenters. The van der Waals surface area contributed by atoms with Crippen LogP contribution in [-0.4, -0.2) is 0 Å². The molecule has 0 aliphatic carbocycles. The summed E-state index contributed by atoms with van der Waals surface area (Å²) in [6.07, 6.45) is 8.54. The highest BCUT2D eigenvalue weighted by Crippen LogP contribution is 2.27. The largest absolute Gasteiger partial charge is 0.0654 e. The zero-order valence-electron chi connectivity index (χ0n) is 12.6. The molecule has 0 heterocycles. The SMILES string of the molecule is CCCCCC(CCC(C)C(C)C)C(C)C. The molecule has 0 bridgehead atoms. The minimum absolute atomic E-state index is 0.850. The summed E-state index contributed by atoms with van der Waals surface area (Å²) in [5, 5.41) is 0. The van der Waals surface area contributed by atoms with Crippen molar-refractivity contribution in [2.24, 2.45) is 23.7 Å². The molecule has 0 saturated carbocycles. The third-order valence-electron chi connectivity index (χ3n) is 4.25. The second-order valence-corrected chi connectivity index (χ2v) is 6.30. The van der Waals surface area contributed by atoms with Crippen LogP contribution in [0.5, 0.6) is 0 Å². The molecule has 98 valence electrons. The maximum atomic E-state index is 2.41. The van der Waals surface area contributed by atoms with Crippen LogP contribution in [0.1, 0.15) is 80.1 Å². The van der Waals surface area contributed by atoms with Crippen molar-refractivity contribution in [3.05, 3.63) is 0 Å². The van der Waals surface area contributed by atoms with E-state index in [1.165, 1.54) is 38.5 Å². The van der Waals surface area contributed by atoms with Crippen LogP contribution in [-0.2, 0) is 0 Å². The normalized spacial score (nSPS) is 15.8. The number of rotatable bonds is 9. The minimum Gasteiger partial charge on any atom is -0.0654 e. The average Bonchev–Trinajstić information content (AvgIpc) is 2.21. The van der Waals surface area contributed by atoms with E-state index in [4.69, 9.17) is 0 Å². The molecule has 0 spiro atoms. The molecule has 16 heavy (non-hydrogen) atoms. The average molecular weight is 226 g/mol. The summed E-state index contributed by atoms with van der Waals surface area (Å²) in [6, 6.07) is 0. The number of hydrogen-bond donors (Lipinski definition) is 0. The summed E-state index contributed by atoms with van der Waals surface area (Å²) in [5.74, 6) is 3.58. The van der Waals surface area contributed by atoms with Gasteiger partial charge in [0.25, 0.3) is 0 Å². The van der Waals surface area contributed by atoms with E-state index >= 15 is 0 Å². The second kappa shape index (κ2) is 9.07. The van der Waals surface area contributed by atoms with Crippen LogP contribution < -0.4 is 0 Å². The van der Waals surface area contributed by atoms with Crippen molar-refractivity contribution >= 4 is 0 Å². The van der Waals surface area contributed by atoms with Gasteiger partial charge in [-0.25, -0.2) is 0 Å². The Morgan fingerprint density at radius 3 is 1.75 bits per heavy atom. The van der Waals surface area contributed by atoms with E-state index in [1.54, 1.807) is 0 Å². The molecule has 0 aliphatic heterocycles. The Morgan fingerprint density at radius 2 is 1.31 bits per heavy atom. The summed E-state index contributed by atoms with van der Waals surface area (Å²) < 4.78 is 0. The predicted molar refractivity (Wildman–Crippen MR) is 75.7 cm³/mol. The highest BCUT2D eigenvalue weighted by Gasteiger charge is 2.15. The van der Waals surface area contributed by atoms with Crippen molar-refractivity contribution < 1.29 is 0 Å². The lowest BCUT2D eigenvalue weighted by Crippen LogP contribution is -2.12. The molecule has 0 saturated heterocycles. The minimum atomic E-state index is 0.850. The monoisotopic (exact) mass is 226 g/mol. The van der Waals surface area contributed by atoms with Crippen LogP contribution in [0.25, 0.3) is 0 Å². The Balaban J connectivity index is 3.85. The van der Waals surface area contributed by atoms with Crippen molar-refractivity contribution in [3.8, 4) is 0 Å². The van der Waals surface area contributed by atoms with E-state index in [0.29, 0.717) is 0 Å². The Morgan fingerprint density at radius 1 is 0.688 bits per heavy atom. The molecule has 0 fully saturated rings. The van der Waals surface area contributed by atoms with E-state index in [-0.39, 0.29) is 0 Å². The molecule has 0 radical (unpaired) electrons. The van der Waals surface area contributed by atoms with Crippen LogP contribution in [0.4, 0.5) is 0 Å². The van der Waals surface area contributed by atoms with E-state index in [0.717, 1.165) is 23.7 Å². The summed E-state index contributed by atoms with van der Waals surface area (Å²) in [6.45, 7) is 14.2. The number of hydrogen-bond acceptors (Lipinski definition) is 0. The number of unbranched alkanes of at least 4 members (excludes halogenated alkanes) is 2. The van der Waals surface area contributed by atoms with Gasteiger partial charge in [-0.2, -0.15) is 0 Å². The maximum absolute atomic E-state index is 2.41. The molecule has 2 unspecified atom stereocenters. The molecule has 0 aromatic carbocycles. The fourth-order valence-electron chi connectivity index (χ4n) is 2.28. The lowest BCUT2D eigenvalue weighted by molar-refractivity contribution is 0.277. The highest BCUT2D eigenvalue weighted by molar-refractivity contribution is 4.67. The molecular formula is C16H34. The van der Waals surface area contributed by atoms with Gasteiger partial charge in [0, 0.05) is 0 Å². The lowest BCUT2D eigenvalue weighted by Gasteiger charge is -2.24. The maximum Gasteiger partial charge on any atom is -0.0391 e. The first-order valence-corrected chi connectivity index (χ1v) is 7.49. The van der Waals surface area contributed by atoms with E-state index in [1.807, 2.05) is 0 Å². The Kier molecular flexibility index (Phi) is 9.07. The van der Waals surface area contributed by atoms with Gasteiger partial charge >= 0.3 is 0 Å². The molecule has 0 aliphatic rings. The van der Waals surface area contributed by atoms with Gasteiger partial charge < -0.3 is 0 Å². The van der Waals surface area contributed by atoms with E-state index in [2.05, 4.69) is 41.5 Å². The van der Waals surface area contributed by atoms with Gasteiger partial charge in [-0.1, -0.05) is 73.6 Å². The molecule has 0 aromatic rings. The van der Waals surface area contributed by atoms with Gasteiger partial charge in [-0.3, -0.25) is 0 Å². The summed E-state index contributed by atoms with van der Waals surface area (Å²) in [5.41, 5.74) is 0. The van der Waals surface area contributed by atoms with Gasteiger partial charge in [-0.15, -0.1) is 0 Å². The first-order valence-electron chi connectivity index (χ1n) is 7.49. The molecular weight excluding hydrogens is 192 g/mol. The smallest absolute Gasteiger partial charge is 0.0391 e. The molecule has 0 N–H and O–H groups in total. The van der Waals surface area contributed by atoms with E-state index < -0.39 is 0 Å². The predicted octanol–water partition coefficient (Wildman–Crippen LogP) is 5.91. The molecule has 0 rings (SSSR count). The summed E-state index contributed by atoms with van der Waals surface area (Å²) >= 11 is 0. The van der Waals surface area contributed by atoms with Crippen LogP contribution in [0.3, 0.4) is 0 Å². The molecule has 0 heteroatoms. The zero-order valence-corrected chi connectivity index (χ0v) is 12.6. The first kappa shape index (κ1) is 16.0. The van der Waals surface area contributed by atoms with Crippen LogP contribution >= 0.6 is 0 Å². The summed E-state index contributed by atoms with van der Waals surface area (Å²) in [4.78, 5) is 0. The van der Waals surface area contributed by atoms with Gasteiger partial charge in [0.15, 0.2) is 0 Å². The van der Waals surface area contributed by atoms with Gasteiger partial charge in [-0.05, 0) is 30.1 Å². The van der Waals surface area contributed by atoms with Crippen molar-refractivity contribution in [2.45, 2.75) is 80.1 Å². The quantitative estimate of drug-likeness (QED) is 0.429. The summed E-state index contributed by atoms with van der Waals surface area (Å²) in [7, 11) is 0. The van der Waals surface area contributed by atoms with Crippen molar-refractivity contribution in [1.29, 1.82) is 0 Å². The molecule has 0 aromatic heterocycles. The topological polar surface area (TPSA) is 0 Å². The van der Waals surface area contributed by atoms with Crippen molar-refractivity contribution in [1.82, 2.24) is 0 Å². The second-order valence-electron chi connectivity index (χ2n) is 6.30. The molecule has 0 amide bonds. The fraction of sp³-hybridized carbons (Fsp3) is 1.00. The fourth-order valence-corrected chi connectivity index (χ4v) is 2.28. The van der Waals surface area contributed by atoms with E-state index in [9.17, 15) is 0 Å². The zero-order chi connectivity index (χ0) is 12.6. The Bertz CT molecular complexity index is 146. The van der Waals surface area contributed by atoms with Gasteiger partial charge in [0.2, 0.25) is 0 Å². The Hall–Kier alpha value is 0. The Labute approximate surface area is 104 Å². The van der Waals surface area contributed by atoms with Crippen molar-refractivity contribution in [2.75, 3.05) is 0 Å². The molecule has 0 nitrogen and oxygen atoms in total. The third-order valence-corrected chi connectivity index (χ3v) is 4.25. The highest BCUT2D eigenvalue weighted by atomic mass is 14.2. The lowest BCUT2D eigenvalue weighted by atomic mass is 9.82.